The van der Waals surface area contributed by atoms with E-state index in [0.29, 0.717) is 6.42 Å². The van der Waals surface area contributed by atoms with Gasteiger partial charge in [-0.25, -0.2) is 0 Å². The van der Waals surface area contributed by atoms with Gasteiger partial charge in [-0.15, -0.1) is 0 Å². The Morgan fingerprint density at radius 1 is 1.23 bits per heavy atom. The molecular weight excluding hydrogens is 160 g/mol. The molecule has 1 heteroatoms. The topological polar surface area (TPSA) is 17.1 Å². The minimum absolute atomic E-state index is 0.230. The molecule has 1 atom stereocenters. The molecule has 0 radical (unpaired) electrons. The van der Waals surface area contributed by atoms with Gasteiger partial charge in [-0.2, -0.15) is 0 Å². The summed E-state index contributed by atoms with van der Waals surface area (Å²) in [6.45, 7) is 3.84. The van der Waals surface area contributed by atoms with E-state index in [-0.39, 0.29) is 11.7 Å². The molecule has 1 saturated carbocycles. The molecule has 0 aromatic heterocycles. The molecule has 0 amide bonds. The highest BCUT2D eigenvalue weighted by atomic mass is 16.1. The van der Waals surface area contributed by atoms with E-state index >= 15 is 0 Å². The quantitative estimate of drug-likeness (QED) is 0.595. The lowest BCUT2D eigenvalue weighted by Crippen LogP contribution is -1.97. The Bertz CT molecular complexity index is 337. The van der Waals surface area contributed by atoms with Crippen LogP contribution in [0.25, 0.3) is 0 Å². The monoisotopic (exact) mass is 172 g/mol. The molecule has 0 saturated heterocycles. The summed E-state index contributed by atoms with van der Waals surface area (Å²) < 4.78 is 0. The number of hydrogen-bond acceptors (Lipinski definition) is 1. The van der Waals surface area contributed by atoms with Gasteiger partial charge in [-0.1, -0.05) is 36.9 Å². The number of benzene rings is 1. The summed E-state index contributed by atoms with van der Waals surface area (Å²) in [4.78, 5) is 11.3. The Hall–Kier alpha value is -1.37. The normalized spacial score (nSPS) is 22.3. The Balaban J connectivity index is 2.29. The zero-order valence-corrected chi connectivity index (χ0v) is 7.49. The van der Waals surface area contributed by atoms with Crippen LogP contribution in [0.1, 0.15) is 24.3 Å². The lowest BCUT2D eigenvalue weighted by molar-refractivity contribution is -0.114. The van der Waals surface area contributed by atoms with Gasteiger partial charge in [-0.05, 0) is 17.6 Å². The summed E-state index contributed by atoms with van der Waals surface area (Å²) in [5, 5.41) is 0. The standard InChI is InChI=1S/C12H12O/c1-9-11(7-8-12(9)13)10-5-3-2-4-6-10/h2-6,11H,1,7-8H2/t11-/m0/s1. The fourth-order valence-corrected chi connectivity index (χ4v) is 1.86. The van der Waals surface area contributed by atoms with Gasteiger partial charge >= 0.3 is 0 Å². The maximum absolute atomic E-state index is 11.3. The van der Waals surface area contributed by atoms with E-state index < -0.39 is 0 Å². The molecule has 66 valence electrons. The third kappa shape index (κ3) is 1.42. The molecule has 1 aliphatic rings. The summed E-state index contributed by atoms with van der Waals surface area (Å²) in [6.07, 6.45) is 1.60. The van der Waals surface area contributed by atoms with Crippen molar-refractivity contribution in [2.24, 2.45) is 0 Å². The van der Waals surface area contributed by atoms with Crippen LogP contribution in [-0.4, -0.2) is 5.78 Å². The smallest absolute Gasteiger partial charge is 0.158 e. The number of carbonyl (C=O) groups is 1. The molecular formula is C12H12O. The van der Waals surface area contributed by atoms with Crippen molar-refractivity contribution in [2.45, 2.75) is 18.8 Å². The molecule has 1 fully saturated rings. The average Bonchev–Trinajstić information content (AvgIpc) is 2.49. The SMILES string of the molecule is C=C1C(=O)CC[C@@H]1c1ccccc1. The first-order valence-corrected chi connectivity index (χ1v) is 4.56. The minimum atomic E-state index is 0.230. The van der Waals surface area contributed by atoms with E-state index in [4.69, 9.17) is 0 Å². The van der Waals surface area contributed by atoms with Gasteiger partial charge < -0.3 is 0 Å². The second-order valence-electron chi connectivity index (χ2n) is 3.45. The van der Waals surface area contributed by atoms with Gasteiger partial charge in [0, 0.05) is 12.3 Å². The van der Waals surface area contributed by atoms with Crippen LogP contribution in [0.5, 0.6) is 0 Å². The fraction of sp³-hybridized carbons (Fsp3) is 0.250. The van der Waals surface area contributed by atoms with Crippen molar-refractivity contribution in [1.29, 1.82) is 0 Å². The second-order valence-corrected chi connectivity index (χ2v) is 3.45. The zero-order chi connectivity index (χ0) is 9.26. The van der Waals surface area contributed by atoms with Crippen molar-refractivity contribution in [3.05, 3.63) is 48.0 Å². The van der Waals surface area contributed by atoms with Gasteiger partial charge in [0.05, 0.1) is 0 Å². The minimum Gasteiger partial charge on any atom is -0.295 e. The first kappa shape index (κ1) is 8.24. The second kappa shape index (κ2) is 3.17. The summed E-state index contributed by atoms with van der Waals surface area (Å²) in [6, 6.07) is 10.1. The third-order valence-corrected chi connectivity index (χ3v) is 2.64. The number of carbonyl (C=O) groups excluding carboxylic acids is 1. The Morgan fingerprint density at radius 2 is 1.92 bits per heavy atom. The van der Waals surface area contributed by atoms with Crippen LogP contribution in [0.3, 0.4) is 0 Å². The molecule has 1 aromatic carbocycles. The molecule has 13 heavy (non-hydrogen) atoms. The van der Waals surface area contributed by atoms with Crippen molar-refractivity contribution in [1.82, 2.24) is 0 Å². The lowest BCUT2D eigenvalue weighted by Gasteiger charge is -2.09. The summed E-state index contributed by atoms with van der Waals surface area (Å²) in [5.41, 5.74) is 2.00. The van der Waals surface area contributed by atoms with Crippen LogP contribution in [0.4, 0.5) is 0 Å². The van der Waals surface area contributed by atoms with Crippen molar-refractivity contribution < 1.29 is 4.79 Å². The summed E-state index contributed by atoms with van der Waals surface area (Å²) >= 11 is 0. The predicted octanol–water partition coefficient (Wildman–Crippen LogP) is 2.69. The number of Topliss-reactive ketones (excluding diaryl/α,β-unsaturated/α-hetero) is 1. The van der Waals surface area contributed by atoms with Gasteiger partial charge in [0.1, 0.15) is 0 Å². The number of hydrogen-bond donors (Lipinski definition) is 0. The van der Waals surface area contributed by atoms with Crippen LogP contribution in [0.2, 0.25) is 0 Å². The third-order valence-electron chi connectivity index (χ3n) is 2.64. The van der Waals surface area contributed by atoms with Crippen LogP contribution in [0, 0.1) is 0 Å². The molecule has 0 heterocycles. The van der Waals surface area contributed by atoms with E-state index in [9.17, 15) is 4.79 Å². The maximum atomic E-state index is 11.3. The van der Waals surface area contributed by atoms with E-state index in [0.717, 1.165) is 12.0 Å². The Morgan fingerprint density at radius 3 is 2.46 bits per heavy atom. The highest BCUT2D eigenvalue weighted by Crippen LogP contribution is 2.35. The van der Waals surface area contributed by atoms with Crippen LogP contribution in [-0.2, 0) is 4.79 Å². The number of allylic oxidation sites excluding steroid dienone is 1. The van der Waals surface area contributed by atoms with Crippen LogP contribution >= 0.6 is 0 Å². The molecule has 1 aromatic rings. The van der Waals surface area contributed by atoms with E-state index in [2.05, 4.69) is 18.7 Å². The molecule has 0 aliphatic heterocycles. The molecule has 0 bridgehead atoms. The van der Waals surface area contributed by atoms with Crippen molar-refractivity contribution in [2.75, 3.05) is 0 Å². The molecule has 1 aliphatic carbocycles. The first-order chi connectivity index (χ1) is 6.29. The zero-order valence-electron chi connectivity index (χ0n) is 7.49. The maximum Gasteiger partial charge on any atom is 0.158 e. The van der Waals surface area contributed by atoms with Gasteiger partial charge in [0.2, 0.25) is 0 Å². The number of ketones is 1. The Labute approximate surface area is 78.1 Å². The highest BCUT2D eigenvalue weighted by molar-refractivity contribution is 5.98. The predicted molar refractivity (Wildman–Crippen MR) is 52.6 cm³/mol. The van der Waals surface area contributed by atoms with Crippen molar-refractivity contribution in [3.8, 4) is 0 Å². The fourth-order valence-electron chi connectivity index (χ4n) is 1.86. The van der Waals surface area contributed by atoms with Crippen molar-refractivity contribution >= 4 is 5.78 Å². The van der Waals surface area contributed by atoms with Gasteiger partial charge in [0.15, 0.2) is 5.78 Å². The molecule has 1 nitrogen and oxygen atoms in total. The van der Waals surface area contributed by atoms with E-state index in [1.165, 1.54) is 5.56 Å². The van der Waals surface area contributed by atoms with Crippen LogP contribution in [0.15, 0.2) is 42.5 Å². The molecule has 2 rings (SSSR count). The van der Waals surface area contributed by atoms with Gasteiger partial charge in [0.25, 0.3) is 0 Å². The number of rotatable bonds is 1. The molecule has 0 spiro atoms. The van der Waals surface area contributed by atoms with E-state index in [1.54, 1.807) is 0 Å². The molecule has 0 N–H and O–H groups in total. The highest BCUT2D eigenvalue weighted by Gasteiger charge is 2.27. The van der Waals surface area contributed by atoms with Crippen LogP contribution < -0.4 is 0 Å². The van der Waals surface area contributed by atoms with E-state index in [1.807, 2.05) is 18.2 Å². The Kier molecular flexibility index (Phi) is 2.01. The van der Waals surface area contributed by atoms with Crippen molar-refractivity contribution in [3.63, 3.8) is 0 Å². The van der Waals surface area contributed by atoms with Gasteiger partial charge in [-0.3, -0.25) is 4.79 Å². The largest absolute Gasteiger partial charge is 0.295 e. The average molecular weight is 172 g/mol. The summed E-state index contributed by atoms with van der Waals surface area (Å²) in [5.74, 6) is 0.502. The molecule has 0 unspecified atom stereocenters. The first-order valence-electron chi connectivity index (χ1n) is 4.56. The summed E-state index contributed by atoms with van der Waals surface area (Å²) in [7, 11) is 0. The lowest BCUT2D eigenvalue weighted by atomic mass is 9.95.